The van der Waals surface area contributed by atoms with Gasteiger partial charge in [-0.2, -0.15) is 0 Å². The first-order valence-corrected chi connectivity index (χ1v) is 6.97. The Morgan fingerprint density at radius 3 is 2.52 bits per heavy atom. The lowest BCUT2D eigenvalue weighted by Gasteiger charge is -2.36. The van der Waals surface area contributed by atoms with Crippen molar-refractivity contribution in [2.45, 2.75) is 0 Å². The first kappa shape index (κ1) is 13.7. The number of piperazine rings is 1. The Kier molecular flexibility index (Phi) is 3.66. The third-order valence-electron chi connectivity index (χ3n) is 3.49. The van der Waals surface area contributed by atoms with Crippen molar-refractivity contribution in [2.24, 2.45) is 0 Å². The van der Waals surface area contributed by atoms with Gasteiger partial charge in [-0.15, -0.1) is 0 Å². The van der Waals surface area contributed by atoms with Crippen LogP contribution >= 0.6 is 11.6 Å². The van der Waals surface area contributed by atoms with Crippen LogP contribution in [0.3, 0.4) is 0 Å². The van der Waals surface area contributed by atoms with E-state index in [1.54, 1.807) is 12.3 Å². The Balaban J connectivity index is 1.71. The minimum atomic E-state index is -0.313. The third kappa shape index (κ3) is 2.78. The summed E-state index contributed by atoms with van der Waals surface area (Å²) in [6.45, 7) is 3.08. The summed E-state index contributed by atoms with van der Waals surface area (Å²) in [4.78, 5) is 26.5. The average Bonchev–Trinajstić information content (AvgIpc) is 2.51. The lowest BCUT2D eigenvalue weighted by molar-refractivity contribution is 0.645. The Morgan fingerprint density at radius 1 is 1.14 bits per heavy atom. The molecule has 0 radical (unpaired) electrons. The third-order valence-corrected chi connectivity index (χ3v) is 3.83. The van der Waals surface area contributed by atoms with Crippen LogP contribution in [0.5, 0.6) is 0 Å². The zero-order chi connectivity index (χ0) is 14.8. The largest absolute Gasteiger partial charge is 0.384 e. The standard InChI is InChI=1S/C13H15ClN6O/c14-11-12(17-8-18-13(11)21)20-5-3-19(4-6-20)9-1-2-10(15)16-7-9/h1-2,7-8H,3-6H2,(H2,15,16)(H,17,18,21). The van der Waals surface area contributed by atoms with Gasteiger partial charge in [-0.3, -0.25) is 4.79 Å². The zero-order valence-electron chi connectivity index (χ0n) is 11.3. The monoisotopic (exact) mass is 306 g/mol. The Labute approximate surface area is 126 Å². The highest BCUT2D eigenvalue weighted by atomic mass is 35.5. The molecule has 3 heterocycles. The summed E-state index contributed by atoms with van der Waals surface area (Å²) < 4.78 is 0. The van der Waals surface area contributed by atoms with E-state index in [0.29, 0.717) is 11.6 Å². The summed E-state index contributed by atoms with van der Waals surface area (Å²) in [5, 5.41) is 0.139. The van der Waals surface area contributed by atoms with Crippen LogP contribution < -0.4 is 21.1 Å². The first-order valence-electron chi connectivity index (χ1n) is 6.60. The Morgan fingerprint density at radius 2 is 1.86 bits per heavy atom. The minimum Gasteiger partial charge on any atom is -0.384 e. The number of hydrogen-bond acceptors (Lipinski definition) is 6. The van der Waals surface area contributed by atoms with Gasteiger partial charge in [0.15, 0.2) is 5.82 Å². The summed E-state index contributed by atoms with van der Waals surface area (Å²) in [7, 11) is 0. The number of nitrogens with two attached hydrogens (primary N) is 1. The van der Waals surface area contributed by atoms with Crippen molar-refractivity contribution in [1.29, 1.82) is 0 Å². The molecule has 1 saturated heterocycles. The summed E-state index contributed by atoms with van der Waals surface area (Å²) in [6, 6.07) is 3.74. The summed E-state index contributed by atoms with van der Waals surface area (Å²) in [5.41, 5.74) is 6.31. The highest BCUT2D eigenvalue weighted by Crippen LogP contribution is 2.22. The number of nitrogens with one attached hydrogen (secondary N) is 1. The molecule has 8 heteroatoms. The van der Waals surface area contributed by atoms with E-state index in [1.165, 1.54) is 6.33 Å². The number of hydrogen-bond donors (Lipinski definition) is 2. The molecule has 1 aliphatic rings. The molecular formula is C13H15ClN6O. The molecule has 110 valence electrons. The van der Waals surface area contributed by atoms with Gasteiger partial charge in [0.1, 0.15) is 10.8 Å². The fraction of sp³-hybridized carbons (Fsp3) is 0.308. The lowest BCUT2D eigenvalue weighted by Crippen LogP contribution is -2.47. The van der Waals surface area contributed by atoms with Gasteiger partial charge in [0, 0.05) is 26.2 Å². The fourth-order valence-corrected chi connectivity index (χ4v) is 2.58. The predicted octanol–water partition coefficient (Wildman–Crippen LogP) is 0.727. The van der Waals surface area contributed by atoms with E-state index in [-0.39, 0.29) is 10.6 Å². The van der Waals surface area contributed by atoms with Crippen molar-refractivity contribution in [3.8, 4) is 0 Å². The molecule has 0 bridgehead atoms. The van der Waals surface area contributed by atoms with Gasteiger partial charge in [0.2, 0.25) is 0 Å². The molecule has 3 N–H and O–H groups in total. The van der Waals surface area contributed by atoms with Crippen LogP contribution in [0.15, 0.2) is 29.5 Å². The molecule has 0 aromatic carbocycles. The van der Waals surface area contributed by atoms with E-state index < -0.39 is 0 Å². The van der Waals surface area contributed by atoms with Crippen molar-refractivity contribution in [3.05, 3.63) is 40.0 Å². The Bertz CT molecular complexity index is 678. The average molecular weight is 307 g/mol. The van der Waals surface area contributed by atoms with E-state index in [9.17, 15) is 4.79 Å². The number of nitrogens with zero attached hydrogens (tertiary/aromatic N) is 4. The summed E-state index contributed by atoms with van der Waals surface area (Å²) in [5.74, 6) is 1.05. The van der Waals surface area contributed by atoms with Crippen molar-refractivity contribution < 1.29 is 0 Å². The van der Waals surface area contributed by atoms with Gasteiger partial charge in [0.05, 0.1) is 18.2 Å². The molecule has 0 spiro atoms. The van der Waals surface area contributed by atoms with Gasteiger partial charge in [-0.1, -0.05) is 11.6 Å². The maximum absolute atomic E-state index is 11.5. The van der Waals surface area contributed by atoms with Crippen LogP contribution in [-0.2, 0) is 0 Å². The maximum atomic E-state index is 11.5. The van der Waals surface area contributed by atoms with Crippen molar-refractivity contribution in [1.82, 2.24) is 15.0 Å². The van der Waals surface area contributed by atoms with Gasteiger partial charge >= 0.3 is 0 Å². The van der Waals surface area contributed by atoms with Gasteiger partial charge in [-0.25, -0.2) is 9.97 Å². The first-order chi connectivity index (χ1) is 10.1. The molecule has 3 rings (SSSR count). The molecule has 7 nitrogen and oxygen atoms in total. The van der Waals surface area contributed by atoms with Crippen molar-refractivity contribution in [2.75, 3.05) is 41.7 Å². The second kappa shape index (κ2) is 5.61. The zero-order valence-corrected chi connectivity index (χ0v) is 12.0. The molecule has 1 fully saturated rings. The van der Waals surface area contributed by atoms with Crippen LogP contribution in [0.2, 0.25) is 5.02 Å². The van der Waals surface area contributed by atoms with Gasteiger partial charge < -0.3 is 20.5 Å². The highest BCUT2D eigenvalue weighted by molar-refractivity contribution is 6.32. The topological polar surface area (TPSA) is 91.1 Å². The second-order valence-electron chi connectivity index (χ2n) is 4.78. The van der Waals surface area contributed by atoms with Gasteiger partial charge in [0.25, 0.3) is 5.56 Å². The molecule has 21 heavy (non-hydrogen) atoms. The van der Waals surface area contributed by atoms with Crippen molar-refractivity contribution >= 4 is 28.9 Å². The summed E-state index contributed by atoms with van der Waals surface area (Å²) >= 11 is 6.01. The number of pyridine rings is 1. The number of aromatic amines is 1. The van der Waals surface area contributed by atoms with Crippen LogP contribution in [-0.4, -0.2) is 41.1 Å². The van der Waals surface area contributed by atoms with Crippen LogP contribution in [0.1, 0.15) is 0 Å². The molecular weight excluding hydrogens is 292 g/mol. The van der Waals surface area contributed by atoms with E-state index in [0.717, 1.165) is 31.9 Å². The summed E-state index contributed by atoms with van der Waals surface area (Å²) in [6.07, 6.45) is 3.14. The normalized spacial score (nSPS) is 15.3. The maximum Gasteiger partial charge on any atom is 0.271 e. The number of anilines is 3. The number of halogens is 1. The van der Waals surface area contributed by atoms with Crippen molar-refractivity contribution in [3.63, 3.8) is 0 Å². The SMILES string of the molecule is Nc1ccc(N2CCN(c3nc[nH]c(=O)c3Cl)CC2)cn1. The number of nitrogen functional groups attached to an aromatic ring is 1. The van der Waals surface area contributed by atoms with E-state index in [2.05, 4.69) is 19.9 Å². The van der Waals surface area contributed by atoms with Crippen LogP contribution in [0, 0.1) is 0 Å². The smallest absolute Gasteiger partial charge is 0.271 e. The second-order valence-corrected chi connectivity index (χ2v) is 5.16. The fourth-order valence-electron chi connectivity index (χ4n) is 2.36. The number of rotatable bonds is 2. The molecule has 0 atom stereocenters. The van der Waals surface area contributed by atoms with E-state index >= 15 is 0 Å². The van der Waals surface area contributed by atoms with E-state index in [1.807, 2.05) is 11.0 Å². The minimum absolute atomic E-state index is 0.139. The predicted molar refractivity (Wildman–Crippen MR) is 82.9 cm³/mol. The number of H-pyrrole nitrogens is 1. The van der Waals surface area contributed by atoms with E-state index in [4.69, 9.17) is 17.3 Å². The van der Waals surface area contributed by atoms with Crippen LogP contribution in [0.25, 0.3) is 0 Å². The molecule has 2 aromatic rings. The number of aromatic nitrogens is 3. The molecule has 2 aromatic heterocycles. The quantitative estimate of drug-likeness (QED) is 0.850. The molecule has 0 saturated carbocycles. The van der Waals surface area contributed by atoms with Gasteiger partial charge in [-0.05, 0) is 12.1 Å². The Hall–Kier alpha value is -2.28. The van der Waals surface area contributed by atoms with Crippen LogP contribution in [0.4, 0.5) is 17.3 Å². The molecule has 0 amide bonds. The molecule has 1 aliphatic heterocycles. The molecule has 0 unspecified atom stereocenters. The highest BCUT2D eigenvalue weighted by Gasteiger charge is 2.21. The molecule has 0 aliphatic carbocycles. The lowest BCUT2D eigenvalue weighted by atomic mass is 10.2.